The minimum absolute atomic E-state index is 0.294. The molecule has 1 heterocycles. The Balaban J connectivity index is 2.16. The lowest BCUT2D eigenvalue weighted by molar-refractivity contribution is 0.517. The van der Waals surface area contributed by atoms with Gasteiger partial charge in [-0.15, -0.1) is 0 Å². The second-order valence-electron chi connectivity index (χ2n) is 4.90. The van der Waals surface area contributed by atoms with E-state index in [2.05, 4.69) is 59.7 Å². The van der Waals surface area contributed by atoms with Crippen LogP contribution < -0.4 is 5.32 Å². The molecule has 19 heavy (non-hydrogen) atoms. The maximum Gasteiger partial charge on any atom is 0.0579 e. The molecule has 2 rings (SSSR count). The number of pyridine rings is 1. The zero-order valence-electron chi connectivity index (χ0n) is 11.8. The highest BCUT2D eigenvalue weighted by Crippen LogP contribution is 2.17. The lowest BCUT2D eigenvalue weighted by Crippen LogP contribution is -2.25. The summed E-state index contributed by atoms with van der Waals surface area (Å²) in [6.07, 6.45) is 2.12. The number of aryl methyl sites for hydroxylation is 1. The van der Waals surface area contributed by atoms with E-state index >= 15 is 0 Å². The molecule has 1 atom stereocenters. The molecule has 0 spiro atoms. The first-order valence-corrected chi connectivity index (χ1v) is 7.00. The van der Waals surface area contributed by atoms with Crippen LogP contribution in [0.3, 0.4) is 0 Å². The topological polar surface area (TPSA) is 24.9 Å². The van der Waals surface area contributed by atoms with Crippen LogP contribution in [0.2, 0.25) is 0 Å². The summed E-state index contributed by atoms with van der Waals surface area (Å²) in [5.74, 6) is 0. The van der Waals surface area contributed by atoms with E-state index < -0.39 is 0 Å². The van der Waals surface area contributed by atoms with Crippen molar-refractivity contribution in [3.8, 4) is 0 Å². The predicted octanol–water partition coefficient (Wildman–Crippen LogP) is 3.67. The third-order valence-corrected chi connectivity index (χ3v) is 3.19. The monoisotopic (exact) mass is 254 g/mol. The minimum Gasteiger partial charge on any atom is -0.308 e. The summed E-state index contributed by atoms with van der Waals surface area (Å²) >= 11 is 0. The van der Waals surface area contributed by atoms with Gasteiger partial charge >= 0.3 is 0 Å². The average Bonchev–Trinajstić information content (AvgIpc) is 2.44. The van der Waals surface area contributed by atoms with Crippen LogP contribution in [-0.4, -0.2) is 11.5 Å². The van der Waals surface area contributed by atoms with Crippen molar-refractivity contribution in [3.63, 3.8) is 0 Å². The lowest BCUT2D eigenvalue weighted by Gasteiger charge is -2.18. The van der Waals surface area contributed by atoms with Crippen LogP contribution in [-0.2, 0) is 6.42 Å². The van der Waals surface area contributed by atoms with Gasteiger partial charge in [0.05, 0.1) is 11.7 Å². The first-order valence-electron chi connectivity index (χ1n) is 7.00. The van der Waals surface area contributed by atoms with Crippen LogP contribution in [0.25, 0.3) is 0 Å². The van der Waals surface area contributed by atoms with Crippen molar-refractivity contribution in [2.24, 2.45) is 0 Å². The Morgan fingerprint density at radius 2 is 1.84 bits per heavy atom. The van der Waals surface area contributed by atoms with E-state index in [4.69, 9.17) is 0 Å². The largest absolute Gasteiger partial charge is 0.308 e. The summed E-state index contributed by atoms with van der Waals surface area (Å²) in [5, 5.41) is 3.60. The van der Waals surface area contributed by atoms with Gasteiger partial charge in [0, 0.05) is 5.69 Å². The summed E-state index contributed by atoms with van der Waals surface area (Å²) in [4.78, 5) is 4.66. The van der Waals surface area contributed by atoms with Crippen LogP contribution in [0.15, 0.2) is 48.5 Å². The molecule has 1 unspecified atom stereocenters. The highest BCUT2D eigenvalue weighted by Gasteiger charge is 2.12. The fourth-order valence-corrected chi connectivity index (χ4v) is 2.21. The molecule has 1 N–H and O–H groups in total. The molecule has 0 saturated heterocycles. The molecule has 0 saturated carbocycles. The second kappa shape index (κ2) is 7.05. The molecule has 2 heteroatoms. The van der Waals surface area contributed by atoms with E-state index in [-0.39, 0.29) is 0 Å². The van der Waals surface area contributed by atoms with E-state index in [1.807, 2.05) is 13.0 Å². The molecular formula is C17H22N2. The van der Waals surface area contributed by atoms with Crippen LogP contribution in [0.4, 0.5) is 0 Å². The number of nitrogens with one attached hydrogen (secondary N) is 1. The Bertz CT molecular complexity index is 494. The van der Waals surface area contributed by atoms with Crippen molar-refractivity contribution in [1.82, 2.24) is 10.3 Å². The number of hydrogen-bond acceptors (Lipinski definition) is 2. The molecule has 1 aromatic heterocycles. The van der Waals surface area contributed by atoms with E-state index in [1.54, 1.807) is 0 Å². The molecule has 2 nitrogen and oxygen atoms in total. The smallest absolute Gasteiger partial charge is 0.0579 e. The average molecular weight is 254 g/mol. The fraction of sp³-hybridized carbons (Fsp3) is 0.353. The Hall–Kier alpha value is -1.67. The van der Waals surface area contributed by atoms with Gasteiger partial charge in [-0.2, -0.15) is 0 Å². The fourth-order valence-electron chi connectivity index (χ4n) is 2.21. The standard InChI is InChI=1S/C17H22N2/c1-3-12-18-17(13-15-9-5-4-6-10-15)16-11-7-8-14(2)19-16/h4-11,17-18H,3,12-13H2,1-2H3. The summed E-state index contributed by atoms with van der Waals surface area (Å²) in [6, 6.07) is 17.1. The molecule has 2 aromatic rings. The molecule has 0 aliphatic carbocycles. The lowest BCUT2D eigenvalue weighted by atomic mass is 10.0. The van der Waals surface area contributed by atoms with Crippen molar-refractivity contribution in [1.29, 1.82) is 0 Å². The Morgan fingerprint density at radius 3 is 2.53 bits per heavy atom. The van der Waals surface area contributed by atoms with E-state index in [0.29, 0.717) is 6.04 Å². The highest BCUT2D eigenvalue weighted by molar-refractivity contribution is 5.20. The molecule has 100 valence electrons. The van der Waals surface area contributed by atoms with Gasteiger partial charge in [0.25, 0.3) is 0 Å². The van der Waals surface area contributed by atoms with Crippen LogP contribution in [0.5, 0.6) is 0 Å². The maximum absolute atomic E-state index is 4.66. The first kappa shape index (κ1) is 13.8. The van der Waals surface area contributed by atoms with Crippen molar-refractivity contribution < 1.29 is 0 Å². The Morgan fingerprint density at radius 1 is 1.05 bits per heavy atom. The molecule has 0 aliphatic heterocycles. The van der Waals surface area contributed by atoms with Gasteiger partial charge in [0.15, 0.2) is 0 Å². The van der Waals surface area contributed by atoms with Gasteiger partial charge in [0.2, 0.25) is 0 Å². The summed E-state index contributed by atoms with van der Waals surface area (Å²) in [6.45, 7) is 5.26. The van der Waals surface area contributed by atoms with E-state index in [1.165, 1.54) is 5.56 Å². The number of nitrogens with zero attached hydrogens (tertiary/aromatic N) is 1. The predicted molar refractivity (Wildman–Crippen MR) is 80.2 cm³/mol. The van der Waals surface area contributed by atoms with Crippen molar-refractivity contribution in [2.45, 2.75) is 32.7 Å². The van der Waals surface area contributed by atoms with Crippen molar-refractivity contribution >= 4 is 0 Å². The van der Waals surface area contributed by atoms with Gasteiger partial charge in [-0.1, -0.05) is 43.3 Å². The van der Waals surface area contributed by atoms with E-state index in [0.717, 1.165) is 30.8 Å². The second-order valence-corrected chi connectivity index (χ2v) is 4.90. The third kappa shape index (κ3) is 4.18. The first-order chi connectivity index (χ1) is 9.29. The maximum atomic E-state index is 4.66. The zero-order chi connectivity index (χ0) is 13.5. The number of benzene rings is 1. The summed E-state index contributed by atoms with van der Waals surface area (Å²) in [5.41, 5.74) is 3.56. The van der Waals surface area contributed by atoms with E-state index in [9.17, 15) is 0 Å². The molecule has 0 amide bonds. The van der Waals surface area contributed by atoms with Crippen molar-refractivity contribution in [3.05, 3.63) is 65.5 Å². The molecule has 1 aromatic carbocycles. The number of aromatic nitrogens is 1. The number of hydrogen-bond donors (Lipinski definition) is 1. The number of rotatable bonds is 6. The molecule has 0 bridgehead atoms. The highest BCUT2D eigenvalue weighted by atomic mass is 14.9. The van der Waals surface area contributed by atoms with Crippen molar-refractivity contribution in [2.75, 3.05) is 6.54 Å². The Kier molecular flexibility index (Phi) is 5.10. The van der Waals surface area contributed by atoms with Gasteiger partial charge < -0.3 is 5.32 Å². The molecule has 0 radical (unpaired) electrons. The normalized spacial score (nSPS) is 12.3. The van der Waals surface area contributed by atoms with Gasteiger partial charge in [-0.3, -0.25) is 4.98 Å². The summed E-state index contributed by atoms with van der Waals surface area (Å²) < 4.78 is 0. The van der Waals surface area contributed by atoms with Crippen LogP contribution >= 0.6 is 0 Å². The van der Waals surface area contributed by atoms with Crippen LogP contribution in [0, 0.1) is 6.92 Å². The zero-order valence-corrected chi connectivity index (χ0v) is 11.8. The van der Waals surface area contributed by atoms with Crippen LogP contribution in [0.1, 0.15) is 36.3 Å². The minimum atomic E-state index is 0.294. The third-order valence-electron chi connectivity index (χ3n) is 3.19. The SMILES string of the molecule is CCCNC(Cc1ccccc1)c1cccc(C)n1. The van der Waals surface area contributed by atoms with Gasteiger partial charge in [-0.25, -0.2) is 0 Å². The molecule has 0 fully saturated rings. The Labute approximate surface area is 115 Å². The van der Waals surface area contributed by atoms with Gasteiger partial charge in [-0.05, 0) is 44.0 Å². The molecular weight excluding hydrogens is 232 g/mol. The molecule has 0 aliphatic rings. The quantitative estimate of drug-likeness (QED) is 0.850. The van der Waals surface area contributed by atoms with Gasteiger partial charge in [0.1, 0.15) is 0 Å². The summed E-state index contributed by atoms with van der Waals surface area (Å²) in [7, 11) is 0.